The third-order valence-corrected chi connectivity index (χ3v) is 3.30. The number of H-pyrrole nitrogens is 2. The van der Waals surface area contributed by atoms with Crippen molar-refractivity contribution in [2.75, 3.05) is 0 Å². The van der Waals surface area contributed by atoms with Crippen LogP contribution < -0.4 is 16.8 Å². The Hall–Kier alpha value is -2.94. The van der Waals surface area contributed by atoms with E-state index in [2.05, 4.69) is 15.0 Å². The summed E-state index contributed by atoms with van der Waals surface area (Å²) in [6.45, 7) is 0. The lowest BCUT2D eigenvalue weighted by Crippen LogP contribution is -2.32. The number of fused-ring (bicyclic) bond motifs is 1. The van der Waals surface area contributed by atoms with E-state index in [1.807, 2.05) is 0 Å². The van der Waals surface area contributed by atoms with Crippen molar-refractivity contribution in [1.29, 1.82) is 0 Å². The van der Waals surface area contributed by atoms with Crippen LogP contribution in [0, 0.1) is 0 Å². The minimum atomic E-state index is -1.06. The average molecular weight is 304 g/mol. The number of aliphatic hydroxyl groups is 1. The molecule has 0 aromatic carbocycles. The molecule has 0 bridgehead atoms. The second-order valence-corrected chi connectivity index (χ2v) is 4.76. The largest absolute Gasteiger partial charge is 0.467 e. The van der Waals surface area contributed by atoms with E-state index < -0.39 is 22.9 Å². The van der Waals surface area contributed by atoms with Crippen molar-refractivity contribution in [3.8, 4) is 0 Å². The third-order valence-electron chi connectivity index (χ3n) is 3.30. The SMILES string of the molecule is Cn1c(=O)[nH]c(=O)c2nc(C[C@H](O)c3ccco3)c(=O)[nH]c21. The Labute approximate surface area is 121 Å². The van der Waals surface area contributed by atoms with Crippen LogP contribution in [0.4, 0.5) is 0 Å². The van der Waals surface area contributed by atoms with Gasteiger partial charge in [0.25, 0.3) is 11.1 Å². The van der Waals surface area contributed by atoms with Gasteiger partial charge in [-0.15, -0.1) is 0 Å². The van der Waals surface area contributed by atoms with Crippen LogP contribution in [0.1, 0.15) is 17.6 Å². The van der Waals surface area contributed by atoms with E-state index in [4.69, 9.17) is 4.42 Å². The van der Waals surface area contributed by atoms with Crippen molar-refractivity contribution in [2.45, 2.75) is 12.5 Å². The fourth-order valence-electron chi connectivity index (χ4n) is 2.12. The molecule has 0 aliphatic rings. The molecule has 22 heavy (non-hydrogen) atoms. The molecule has 0 saturated carbocycles. The van der Waals surface area contributed by atoms with E-state index in [9.17, 15) is 19.5 Å². The Morgan fingerprint density at radius 1 is 1.32 bits per heavy atom. The summed E-state index contributed by atoms with van der Waals surface area (Å²) in [6.07, 6.45) is 0.214. The molecule has 3 rings (SSSR count). The highest BCUT2D eigenvalue weighted by Gasteiger charge is 2.17. The van der Waals surface area contributed by atoms with E-state index in [0.717, 1.165) is 4.57 Å². The summed E-state index contributed by atoms with van der Waals surface area (Å²) in [4.78, 5) is 43.8. The van der Waals surface area contributed by atoms with Gasteiger partial charge in [-0.25, -0.2) is 9.78 Å². The smallest absolute Gasteiger partial charge is 0.329 e. The molecule has 114 valence electrons. The number of aliphatic hydroxyl groups excluding tert-OH is 1. The molecule has 1 atom stereocenters. The summed E-state index contributed by atoms with van der Waals surface area (Å²) in [6, 6.07) is 3.17. The number of nitrogens with zero attached hydrogens (tertiary/aromatic N) is 2. The molecule has 0 unspecified atom stereocenters. The van der Waals surface area contributed by atoms with Gasteiger partial charge in [-0.05, 0) is 12.1 Å². The van der Waals surface area contributed by atoms with Crippen molar-refractivity contribution in [3.05, 3.63) is 61.0 Å². The maximum absolute atomic E-state index is 12.0. The Morgan fingerprint density at radius 2 is 2.09 bits per heavy atom. The number of furan rings is 1. The van der Waals surface area contributed by atoms with E-state index in [-0.39, 0.29) is 29.0 Å². The summed E-state index contributed by atoms with van der Waals surface area (Å²) in [7, 11) is 1.40. The van der Waals surface area contributed by atoms with E-state index in [0.29, 0.717) is 0 Å². The van der Waals surface area contributed by atoms with Gasteiger partial charge in [0.15, 0.2) is 5.52 Å². The van der Waals surface area contributed by atoms with Crippen LogP contribution in [0.25, 0.3) is 11.2 Å². The topological polar surface area (TPSA) is 134 Å². The first kappa shape index (κ1) is 14.0. The van der Waals surface area contributed by atoms with Gasteiger partial charge in [0, 0.05) is 13.5 Å². The molecule has 3 heterocycles. The summed E-state index contributed by atoms with van der Waals surface area (Å²) in [5.74, 6) is 0.288. The van der Waals surface area contributed by atoms with Gasteiger partial charge in [-0.3, -0.25) is 19.1 Å². The predicted molar refractivity (Wildman–Crippen MR) is 75.6 cm³/mol. The van der Waals surface area contributed by atoms with E-state index in [1.165, 1.54) is 13.3 Å². The molecule has 0 aliphatic heterocycles. The molecule has 0 radical (unpaired) electrons. The number of hydrogen-bond donors (Lipinski definition) is 3. The molecule has 0 aliphatic carbocycles. The lowest BCUT2D eigenvalue weighted by molar-refractivity contribution is 0.149. The first-order valence-electron chi connectivity index (χ1n) is 6.41. The van der Waals surface area contributed by atoms with Crippen molar-refractivity contribution in [3.63, 3.8) is 0 Å². The van der Waals surface area contributed by atoms with Gasteiger partial charge < -0.3 is 14.5 Å². The van der Waals surface area contributed by atoms with Crippen LogP contribution >= 0.6 is 0 Å². The molecule has 3 N–H and O–H groups in total. The number of nitrogens with one attached hydrogen (secondary N) is 2. The number of aryl methyl sites for hydroxylation is 1. The Bertz CT molecular complexity index is 996. The summed E-state index contributed by atoms with van der Waals surface area (Å²) < 4.78 is 6.13. The number of hydrogen-bond acceptors (Lipinski definition) is 6. The highest BCUT2D eigenvalue weighted by Crippen LogP contribution is 2.16. The zero-order chi connectivity index (χ0) is 15.9. The fraction of sp³-hybridized carbons (Fsp3) is 0.231. The van der Waals surface area contributed by atoms with Crippen molar-refractivity contribution >= 4 is 11.2 Å². The highest BCUT2D eigenvalue weighted by molar-refractivity contribution is 5.68. The second kappa shape index (κ2) is 5.11. The normalized spacial score (nSPS) is 12.6. The quantitative estimate of drug-likeness (QED) is 0.578. The number of rotatable bonds is 3. The van der Waals surface area contributed by atoms with Crippen molar-refractivity contribution < 1.29 is 9.52 Å². The maximum atomic E-state index is 12.0. The summed E-state index contributed by atoms with van der Waals surface area (Å²) in [5, 5.41) is 10.00. The first-order valence-corrected chi connectivity index (χ1v) is 6.41. The van der Waals surface area contributed by atoms with Gasteiger partial charge in [-0.1, -0.05) is 0 Å². The Balaban J connectivity index is 2.12. The van der Waals surface area contributed by atoms with E-state index >= 15 is 0 Å². The average Bonchev–Trinajstić information content (AvgIpc) is 3.00. The molecule has 0 saturated heterocycles. The van der Waals surface area contributed by atoms with Crippen molar-refractivity contribution in [1.82, 2.24) is 19.5 Å². The van der Waals surface area contributed by atoms with Crippen LogP contribution in [-0.4, -0.2) is 24.6 Å². The Morgan fingerprint density at radius 3 is 2.77 bits per heavy atom. The minimum absolute atomic E-state index is 0.0231. The molecule has 0 spiro atoms. The molecule has 9 heteroatoms. The number of aromatic amines is 2. The summed E-state index contributed by atoms with van der Waals surface area (Å²) in [5.41, 5.74) is -2.03. The van der Waals surface area contributed by atoms with Crippen molar-refractivity contribution in [2.24, 2.45) is 7.05 Å². The predicted octanol–water partition coefficient (Wildman–Crippen LogP) is -0.821. The van der Waals surface area contributed by atoms with Crippen LogP contribution in [0.3, 0.4) is 0 Å². The highest BCUT2D eigenvalue weighted by atomic mass is 16.4. The standard InChI is InChI=1S/C13H12N4O5/c1-17-10-9(12(20)16-13(17)21)14-6(11(19)15-10)5-7(18)8-3-2-4-22-8/h2-4,7,18H,5H2,1H3,(H,15,19)(H,16,20,21)/t7-/m0/s1. The van der Waals surface area contributed by atoms with Crippen LogP contribution in [0.5, 0.6) is 0 Å². The molecule has 3 aromatic rings. The van der Waals surface area contributed by atoms with Crippen LogP contribution in [0.2, 0.25) is 0 Å². The van der Waals surface area contributed by atoms with Crippen LogP contribution in [0.15, 0.2) is 37.2 Å². The zero-order valence-electron chi connectivity index (χ0n) is 11.5. The number of aromatic nitrogens is 4. The zero-order valence-corrected chi connectivity index (χ0v) is 11.5. The second-order valence-electron chi connectivity index (χ2n) is 4.76. The molecule has 0 fully saturated rings. The van der Waals surface area contributed by atoms with Gasteiger partial charge in [0.1, 0.15) is 23.2 Å². The first-order chi connectivity index (χ1) is 10.5. The fourth-order valence-corrected chi connectivity index (χ4v) is 2.12. The van der Waals surface area contributed by atoms with Gasteiger partial charge in [0.2, 0.25) is 0 Å². The molecule has 3 aromatic heterocycles. The molecule has 0 amide bonds. The third kappa shape index (κ3) is 2.27. The molecular weight excluding hydrogens is 292 g/mol. The molecule has 9 nitrogen and oxygen atoms in total. The van der Waals surface area contributed by atoms with Gasteiger partial charge in [0.05, 0.1) is 6.26 Å². The van der Waals surface area contributed by atoms with Crippen LogP contribution in [-0.2, 0) is 13.5 Å². The Kier molecular flexibility index (Phi) is 3.26. The lowest BCUT2D eigenvalue weighted by Gasteiger charge is -2.08. The summed E-state index contributed by atoms with van der Waals surface area (Å²) >= 11 is 0. The maximum Gasteiger partial charge on any atom is 0.329 e. The van der Waals surface area contributed by atoms with E-state index in [1.54, 1.807) is 12.1 Å². The van der Waals surface area contributed by atoms with Gasteiger partial charge >= 0.3 is 5.69 Å². The molecular formula is C13H12N4O5. The minimum Gasteiger partial charge on any atom is -0.467 e. The monoisotopic (exact) mass is 304 g/mol. The van der Waals surface area contributed by atoms with Gasteiger partial charge in [-0.2, -0.15) is 0 Å². The lowest BCUT2D eigenvalue weighted by atomic mass is 10.1.